The number of nitrogens with one attached hydrogen (secondary N) is 1. The molecule has 5 nitrogen and oxygen atoms in total. The van der Waals surface area contributed by atoms with Crippen LogP contribution >= 0.6 is 24.7 Å². The highest BCUT2D eigenvalue weighted by molar-refractivity contribution is 8.05. The molecule has 4 rings (SSSR count). The largest absolute Gasteiger partial charge is 0.360 e. The van der Waals surface area contributed by atoms with E-state index < -0.39 is 5.56 Å². The van der Waals surface area contributed by atoms with Gasteiger partial charge in [-0.15, -0.1) is 0 Å². The van der Waals surface area contributed by atoms with E-state index in [2.05, 4.69) is 17.9 Å². The van der Waals surface area contributed by atoms with Crippen LogP contribution in [0.5, 0.6) is 0 Å². The molecule has 1 atom stereocenters. The molecule has 0 spiro atoms. The number of allylic oxidation sites excluding steroid dienone is 1. The maximum absolute atomic E-state index is 12.8. The van der Waals surface area contributed by atoms with Crippen LogP contribution in [0.2, 0.25) is 0 Å². The third-order valence-corrected chi connectivity index (χ3v) is 5.51. The van der Waals surface area contributed by atoms with Gasteiger partial charge in [0.15, 0.2) is 5.78 Å². The van der Waals surface area contributed by atoms with Crippen molar-refractivity contribution in [2.24, 2.45) is 0 Å². The van der Waals surface area contributed by atoms with Gasteiger partial charge >= 0.3 is 0 Å². The minimum Gasteiger partial charge on any atom is -0.360 e. The van der Waals surface area contributed by atoms with Gasteiger partial charge in [0.25, 0.3) is 5.91 Å². The van der Waals surface area contributed by atoms with Gasteiger partial charge in [0, 0.05) is 34.4 Å². The Kier molecular flexibility index (Phi) is 4.58. The third kappa shape index (κ3) is 2.94. The van der Waals surface area contributed by atoms with Crippen molar-refractivity contribution in [3.05, 3.63) is 77.3 Å². The molecule has 0 radical (unpaired) electrons. The number of anilines is 1. The fraction of sp³-hybridized carbons (Fsp3) is 0.0526. The van der Waals surface area contributed by atoms with E-state index >= 15 is 0 Å². The van der Waals surface area contributed by atoms with E-state index in [-0.39, 0.29) is 11.7 Å². The molecule has 1 aliphatic rings. The number of para-hydroxylation sites is 2. The van der Waals surface area contributed by atoms with Gasteiger partial charge in [0.1, 0.15) is 0 Å². The Labute approximate surface area is 159 Å². The number of ketones is 1. The molecular formula is C19H14N2O3S2. The number of rotatable bonds is 4. The number of thiol groups is 1. The first kappa shape index (κ1) is 17.0. The van der Waals surface area contributed by atoms with Crippen LogP contribution in [0, 0.1) is 0 Å². The summed E-state index contributed by atoms with van der Waals surface area (Å²) < 4.78 is 5.13. The number of hydrogen-bond donors (Lipinski definition) is 2. The number of aromatic amines is 1. The molecule has 7 heteroatoms. The fourth-order valence-electron chi connectivity index (χ4n) is 2.89. The SMILES string of the molecule is O=C(C=C1SC(OS)N(c2ccccc2)C1=O)c1c[nH]c2ccccc12. The molecule has 2 aromatic carbocycles. The Morgan fingerprint density at radius 1 is 1.15 bits per heavy atom. The van der Waals surface area contributed by atoms with E-state index in [9.17, 15) is 9.59 Å². The first-order chi connectivity index (χ1) is 12.7. The highest BCUT2D eigenvalue weighted by Gasteiger charge is 2.38. The van der Waals surface area contributed by atoms with Crippen LogP contribution in [-0.4, -0.2) is 22.2 Å². The van der Waals surface area contributed by atoms with E-state index in [1.807, 2.05) is 54.6 Å². The zero-order valence-corrected chi connectivity index (χ0v) is 15.2. The lowest BCUT2D eigenvalue weighted by atomic mass is 10.1. The molecule has 2 heterocycles. The predicted molar refractivity (Wildman–Crippen MR) is 106 cm³/mol. The van der Waals surface area contributed by atoms with Gasteiger partial charge in [-0.25, -0.2) is 0 Å². The summed E-state index contributed by atoms with van der Waals surface area (Å²) in [6.07, 6.45) is 3.03. The minimum atomic E-state index is -0.629. The number of fused-ring (bicyclic) bond motifs is 1. The van der Waals surface area contributed by atoms with Crippen LogP contribution in [0.15, 0.2) is 71.8 Å². The van der Waals surface area contributed by atoms with E-state index in [1.165, 1.54) is 11.0 Å². The molecule has 1 aliphatic heterocycles. The molecule has 0 saturated carbocycles. The standard InChI is InChI=1S/C19H14N2O3S2/c22-16(14-11-20-15-9-5-4-8-13(14)15)10-17-18(23)21(19(24-25)26-17)12-6-2-1-3-7-12/h1-11,19-20,25H. The second-order valence-corrected chi connectivity index (χ2v) is 6.95. The lowest BCUT2D eigenvalue weighted by molar-refractivity contribution is -0.114. The van der Waals surface area contributed by atoms with Crippen LogP contribution in [-0.2, 0) is 8.98 Å². The Balaban J connectivity index is 1.67. The van der Waals surface area contributed by atoms with Crippen molar-refractivity contribution in [1.82, 2.24) is 4.98 Å². The summed E-state index contributed by atoms with van der Waals surface area (Å²) in [5.74, 6) is -0.514. The van der Waals surface area contributed by atoms with E-state index in [0.717, 1.165) is 22.7 Å². The van der Waals surface area contributed by atoms with Crippen LogP contribution in [0.1, 0.15) is 10.4 Å². The second kappa shape index (κ2) is 7.03. The molecule has 1 N–H and O–H groups in total. The smallest absolute Gasteiger partial charge is 0.267 e. The number of carbonyl (C=O) groups is 2. The van der Waals surface area contributed by atoms with Gasteiger partial charge in [-0.05, 0) is 31.1 Å². The monoisotopic (exact) mass is 382 g/mol. The van der Waals surface area contributed by atoms with Gasteiger partial charge in [0.05, 0.1) is 4.91 Å². The number of aromatic nitrogens is 1. The number of H-pyrrole nitrogens is 1. The topological polar surface area (TPSA) is 62.4 Å². The Morgan fingerprint density at radius 2 is 1.88 bits per heavy atom. The molecule has 1 unspecified atom stereocenters. The van der Waals surface area contributed by atoms with Gasteiger partial charge in [-0.2, -0.15) is 0 Å². The van der Waals surface area contributed by atoms with E-state index in [4.69, 9.17) is 4.18 Å². The molecule has 130 valence electrons. The van der Waals surface area contributed by atoms with Crippen molar-refractivity contribution >= 4 is 53.0 Å². The minimum absolute atomic E-state index is 0.230. The average Bonchev–Trinajstić information content (AvgIpc) is 3.24. The maximum Gasteiger partial charge on any atom is 0.267 e. The molecular weight excluding hydrogens is 368 g/mol. The highest BCUT2D eigenvalue weighted by atomic mass is 32.2. The van der Waals surface area contributed by atoms with Crippen molar-refractivity contribution < 1.29 is 13.8 Å². The highest BCUT2D eigenvalue weighted by Crippen LogP contribution is 2.39. The normalized spacial score (nSPS) is 18.8. The molecule has 1 saturated heterocycles. The summed E-state index contributed by atoms with van der Waals surface area (Å²) in [6, 6.07) is 16.7. The summed E-state index contributed by atoms with van der Waals surface area (Å²) in [7, 11) is 0. The average molecular weight is 382 g/mol. The summed E-state index contributed by atoms with van der Waals surface area (Å²) in [6.45, 7) is 0. The number of benzene rings is 2. The molecule has 1 fully saturated rings. The summed E-state index contributed by atoms with van der Waals surface area (Å²) in [5, 5.41) is 0.826. The number of carbonyl (C=O) groups excluding carboxylic acids is 2. The summed E-state index contributed by atoms with van der Waals surface area (Å²) in [5.41, 5.74) is 1.47. The summed E-state index contributed by atoms with van der Waals surface area (Å²) >= 11 is 5.03. The van der Waals surface area contributed by atoms with Crippen molar-refractivity contribution in [2.45, 2.75) is 5.56 Å². The predicted octanol–water partition coefficient (Wildman–Crippen LogP) is 4.16. The van der Waals surface area contributed by atoms with E-state index in [0.29, 0.717) is 16.2 Å². The zero-order chi connectivity index (χ0) is 18.1. The number of thioether (sulfide) groups is 1. The maximum atomic E-state index is 12.8. The third-order valence-electron chi connectivity index (χ3n) is 4.11. The fourth-order valence-corrected chi connectivity index (χ4v) is 4.07. The Morgan fingerprint density at radius 3 is 2.65 bits per heavy atom. The zero-order valence-electron chi connectivity index (χ0n) is 13.5. The lowest BCUT2D eigenvalue weighted by Gasteiger charge is -2.20. The molecule has 1 aromatic heterocycles. The van der Waals surface area contributed by atoms with Gasteiger partial charge in [0.2, 0.25) is 5.56 Å². The number of nitrogens with zero attached hydrogens (tertiary/aromatic N) is 1. The molecule has 0 bridgehead atoms. The first-order valence-corrected chi connectivity index (χ1v) is 9.11. The van der Waals surface area contributed by atoms with Crippen molar-refractivity contribution in [1.29, 1.82) is 0 Å². The van der Waals surface area contributed by atoms with Crippen molar-refractivity contribution in [3.63, 3.8) is 0 Å². The molecule has 1 amide bonds. The van der Waals surface area contributed by atoms with Crippen LogP contribution in [0.25, 0.3) is 10.9 Å². The van der Waals surface area contributed by atoms with Crippen LogP contribution < -0.4 is 4.90 Å². The quantitative estimate of drug-likeness (QED) is 0.308. The number of amides is 1. The van der Waals surface area contributed by atoms with Crippen LogP contribution in [0.3, 0.4) is 0 Å². The van der Waals surface area contributed by atoms with E-state index in [1.54, 1.807) is 6.20 Å². The molecule has 0 aliphatic carbocycles. The lowest BCUT2D eigenvalue weighted by Crippen LogP contribution is -2.32. The first-order valence-electron chi connectivity index (χ1n) is 7.86. The van der Waals surface area contributed by atoms with Crippen molar-refractivity contribution in [2.75, 3.05) is 4.90 Å². The van der Waals surface area contributed by atoms with Crippen molar-refractivity contribution in [3.8, 4) is 0 Å². The van der Waals surface area contributed by atoms with Gasteiger partial charge in [-0.3, -0.25) is 18.7 Å². The van der Waals surface area contributed by atoms with Gasteiger partial charge < -0.3 is 4.98 Å². The summed E-state index contributed by atoms with van der Waals surface area (Å²) in [4.78, 5) is 30.4. The Bertz CT molecular complexity index is 1010. The Hall–Kier alpha value is -2.48. The van der Waals surface area contributed by atoms with Crippen LogP contribution in [0.4, 0.5) is 5.69 Å². The van der Waals surface area contributed by atoms with Gasteiger partial charge in [-0.1, -0.05) is 48.2 Å². The molecule has 3 aromatic rings. The number of hydrogen-bond acceptors (Lipinski definition) is 5. The second-order valence-electron chi connectivity index (χ2n) is 5.66. The molecule has 26 heavy (non-hydrogen) atoms.